The molecule has 1 aromatic carbocycles. The van der Waals surface area contributed by atoms with E-state index in [4.69, 9.17) is 4.74 Å². The standard InChI is InChI=1S/C22H31N3O3/c1-21(2,3)23-20(27)18-12-25(11-15-8-9-28-13-15)14-22(18)10-16-6-4-5-7-17(16)19(26)24-22/h4-7,15,18H,8-14H2,1-3H3,(H,23,27)(H,24,26)/t15-,18+,22-/m1/s1. The second kappa shape index (κ2) is 7.16. The summed E-state index contributed by atoms with van der Waals surface area (Å²) in [7, 11) is 0. The number of hydrogen-bond acceptors (Lipinski definition) is 4. The number of benzene rings is 1. The van der Waals surface area contributed by atoms with E-state index in [9.17, 15) is 9.59 Å². The number of rotatable bonds is 3. The molecule has 2 amide bonds. The van der Waals surface area contributed by atoms with Crippen molar-refractivity contribution >= 4 is 11.8 Å². The molecule has 0 aromatic heterocycles. The summed E-state index contributed by atoms with van der Waals surface area (Å²) in [5.41, 5.74) is 0.901. The fraction of sp³-hybridized carbons (Fsp3) is 0.636. The van der Waals surface area contributed by atoms with Crippen LogP contribution in [0.2, 0.25) is 0 Å². The topological polar surface area (TPSA) is 70.7 Å². The molecule has 6 heteroatoms. The Morgan fingerprint density at radius 3 is 2.86 bits per heavy atom. The molecule has 3 aliphatic heterocycles. The average Bonchev–Trinajstić information content (AvgIpc) is 3.22. The van der Waals surface area contributed by atoms with E-state index in [1.165, 1.54) is 0 Å². The molecular weight excluding hydrogens is 354 g/mol. The highest BCUT2D eigenvalue weighted by molar-refractivity contribution is 5.98. The molecule has 3 aliphatic rings. The van der Waals surface area contributed by atoms with E-state index in [0.717, 1.165) is 37.3 Å². The van der Waals surface area contributed by atoms with Gasteiger partial charge in [0.25, 0.3) is 5.91 Å². The molecular formula is C22H31N3O3. The van der Waals surface area contributed by atoms with Crippen LogP contribution < -0.4 is 10.6 Å². The first-order valence-corrected chi connectivity index (χ1v) is 10.3. The zero-order valence-electron chi connectivity index (χ0n) is 17.1. The summed E-state index contributed by atoms with van der Waals surface area (Å²) < 4.78 is 5.53. The molecule has 6 nitrogen and oxygen atoms in total. The first-order chi connectivity index (χ1) is 13.3. The Balaban J connectivity index is 1.61. The van der Waals surface area contributed by atoms with Crippen molar-refractivity contribution in [3.05, 3.63) is 35.4 Å². The van der Waals surface area contributed by atoms with Crippen LogP contribution in [-0.4, -0.2) is 60.6 Å². The molecule has 2 fully saturated rings. The Kier molecular flexibility index (Phi) is 4.96. The van der Waals surface area contributed by atoms with Crippen LogP contribution in [0.3, 0.4) is 0 Å². The lowest BCUT2D eigenvalue weighted by atomic mass is 9.76. The third kappa shape index (κ3) is 3.80. The number of carbonyl (C=O) groups is 2. The van der Waals surface area contributed by atoms with Crippen LogP contribution in [0.15, 0.2) is 24.3 Å². The second-order valence-corrected chi connectivity index (χ2v) is 9.66. The minimum atomic E-state index is -0.555. The Morgan fingerprint density at radius 2 is 2.14 bits per heavy atom. The maximum absolute atomic E-state index is 13.2. The summed E-state index contributed by atoms with van der Waals surface area (Å²) >= 11 is 0. The molecule has 28 heavy (non-hydrogen) atoms. The van der Waals surface area contributed by atoms with E-state index in [1.54, 1.807) is 0 Å². The molecule has 0 saturated carbocycles. The van der Waals surface area contributed by atoms with Crippen molar-refractivity contribution in [2.45, 2.75) is 44.7 Å². The van der Waals surface area contributed by atoms with Gasteiger partial charge in [-0.3, -0.25) is 14.5 Å². The average molecular weight is 386 g/mol. The van der Waals surface area contributed by atoms with Gasteiger partial charge in [0.1, 0.15) is 0 Å². The summed E-state index contributed by atoms with van der Waals surface area (Å²) in [6.45, 7) is 9.88. The van der Waals surface area contributed by atoms with Crippen molar-refractivity contribution in [1.29, 1.82) is 0 Å². The summed E-state index contributed by atoms with van der Waals surface area (Å²) in [5, 5.41) is 6.39. The Bertz CT molecular complexity index is 767. The van der Waals surface area contributed by atoms with Crippen molar-refractivity contribution in [1.82, 2.24) is 15.5 Å². The largest absolute Gasteiger partial charge is 0.381 e. The molecule has 2 saturated heterocycles. The molecule has 3 atom stereocenters. The zero-order chi connectivity index (χ0) is 19.9. The Morgan fingerprint density at radius 1 is 1.36 bits per heavy atom. The van der Waals surface area contributed by atoms with Crippen LogP contribution in [0.1, 0.15) is 43.1 Å². The molecule has 0 bridgehead atoms. The van der Waals surface area contributed by atoms with Crippen molar-refractivity contribution in [2.24, 2.45) is 11.8 Å². The number of ether oxygens (including phenoxy) is 1. The lowest BCUT2D eigenvalue weighted by Crippen LogP contribution is -2.62. The summed E-state index contributed by atoms with van der Waals surface area (Å²) in [4.78, 5) is 28.4. The van der Waals surface area contributed by atoms with Gasteiger partial charge in [-0.1, -0.05) is 18.2 Å². The third-order valence-electron chi connectivity index (χ3n) is 6.10. The van der Waals surface area contributed by atoms with Crippen LogP contribution in [-0.2, 0) is 16.0 Å². The summed E-state index contributed by atoms with van der Waals surface area (Å²) in [5.74, 6) is 0.193. The van der Waals surface area contributed by atoms with E-state index < -0.39 is 5.54 Å². The van der Waals surface area contributed by atoms with Crippen molar-refractivity contribution < 1.29 is 14.3 Å². The highest BCUT2D eigenvalue weighted by Crippen LogP contribution is 2.36. The van der Waals surface area contributed by atoms with Gasteiger partial charge in [0.2, 0.25) is 5.91 Å². The molecule has 3 heterocycles. The van der Waals surface area contributed by atoms with Crippen molar-refractivity contribution in [3.8, 4) is 0 Å². The smallest absolute Gasteiger partial charge is 0.252 e. The van der Waals surface area contributed by atoms with Gasteiger partial charge in [0.05, 0.1) is 18.1 Å². The number of nitrogens with one attached hydrogen (secondary N) is 2. The van der Waals surface area contributed by atoms with Gasteiger partial charge in [-0.05, 0) is 51.2 Å². The normalized spacial score (nSPS) is 30.3. The first-order valence-electron chi connectivity index (χ1n) is 10.3. The predicted octanol–water partition coefficient (Wildman–Crippen LogP) is 1.59. The van der Waals surface area contributed by atoms with E-state index in [-0.39, 0.29) is 23.3 Å². The Hall–Kier alpha value is -1.92. The highest BCUT2D eigenvalue weighted by atomic mass is 16.5. The second-order valence-electron chi connectivity index (χ2n) is 9.66. The fourth-order valence-corrected chi connectivity index (χ4v) is 4.91. The fourth-order valence-electron chi connectivity index (χ4n) is 4.91. The Labute approximate surface area is 167 Å². The summed E-state index contributed by atoms with van der Waals surface area (Å²) in [6, 6.07) is 7.74. The van der Waals surface area contributed by atoms with Gasteiger partial charge in [-0.25, -0.2) is 0 Å². The van der Waals surface area contributed by atoms with Crippen LogP contribution in [0, 0.1) is 11.8 Å². The van der Waals surface area contributed by atoms with Gasteiger partial charge in [0, 0.05) is 37.3 Å². The van der Waals surface area contributed by atoms with Gasteiger partial charge >= 0.3 is 0 Å². The number of nitrogens with zero attached hydrogens (tertiary/aromatic N) is 1. The molecule has 152 valence electrons. The predicted molar refractivity (Wildman–Crippen MR) is 107 cm³/mol. The lowest BCUT2D eigenvalue weighted by Gasteiger charge is -2.40. The van der Waals surface area contributed by atoms with E-state index >= 15 is 0 Å². The lowest BCUT2D eigenvalue weighted by molar-refractivity contribution is -0.127. The summed E-state index contributed by atoms with van der Waals surface area (Å²) in [6.07, 6.45) is 1.76. The first kappa shape index (κ1) is 19.4. The molecule has 0 radical (unpaired) electrons. The van der Waals surface area contributed by atoms with E-state index in [2.05, 4.69) is 15.5 Å². The van der Waals surface area contributed by atoms with Crippen LogP contribution in [0.25, 0.3) is 0 Å². The number of amides is 2. The van der Waals surface area contributed by atoms with Crippen LogP contribution >= 0.6 is 0 Å². The van der Waals surface area contributed by atoms with Crippen molar-refractivity contribution in [3.63, 3.8) is 0 Å². The van der Waals surface area contributed by atoms with E-state index in [1.807, 2.05) is 45.0 Å². The van der Waals surface area contributed by atoms with Crippen LogP contribution in [0.4, 0.5) is 0 Å². The molecule has 0 aliphatic carbocycles. The maximum atomic E-state index is 13.2. The quantitative estimate of drug-likeness (QED) is 0.829. The third-order valence-corrected chi connectivity index (χ3v) is 6.10. The highest BCUT2D eigenvalue weighted by Gasteiger charge is 2.53. The monoisotopic (exact) mass is 385 g/mol. The van der Waals surface area contributed by atoms with Gasteiger partial charge in [-0.15, -0.1) is 0 Å². The zero-order valence-corrected chi connectivity index (χ0v) is 17.1. The number of carbonyl (C=O) groups excluding carboxylic acids is 2. The van der Waals surface area contributed by atoms with E-state index in [0.29, 0.717) is 25.4 Å². The number of likely N-dealkylation sites (tertiary alicyclic amines) is 1. The molecule has 2 N–H and O–H groups in total. The minimum absolute atomic E-state index is 0.0253. The van der Waals surface area contributed by atoms with Crippen molar-refractivity contribution in [2.75, 3.05) is 32.8 Å². The maximum Gasteiger partial charge on any atom is 0.252 e. The van der Waals surface area contributed by atoms with Gasteiger partial charge in [0.15, 0.2) is 0 Å². The molecule has 4 rings (SSSR count). The number of fused-ring (bicyclic) bond motifs is 1. The molecule has 1 aromatic rings. The van der Waals surface area contributed by atoms with Crippen LogP contribution in [0.5, 0.6) is 0 Å². The van der Waals surface area contributed by atoms with Gasteiger partial charge in [-0.2, -0.15) is 0 Å². The van der Waals surface area contributed by atoms with Gasteiger partial charge < -0.3 is 15.4 Å². The SMILES string of the molecule is CC(C)(C)NC(=O)[C@@H]1CN(C[C@H]2CCOC2)C[C@]12Cc1ccccc1C(=O)N2. The molecule has 1 spiro atoms. The minimum Gasteiger partial charge on any atom is -0.381 e. The number of hydrogen-bond donors (Lipinski definition) is 2. The molecule has 0 unspecified atom stereocenters.